The van der Waals surface area contributed by atoms with Crippen molar-refractivity contribution >= 4 is 12.0 Å². The summed E-state index contributed by atoms with van der Waals surface area (Å²) in [5.74, 6) is -1.11. The molecule has 1 rings (SSSR count). The van der Waals surface area contributed by atoms with Crippen molar-refractivity contribution in [3.05, 3.63) is 0 Å². The minimum atomic E-state index is -1.11. The number of likely N-dealkylation sites (tertiary alicyclic amines) is 1. The van der Waals surface area contributed by atoms with E-state index in [1.807, 2.05) is 6.92 Å². The molecule has 2 amide bonds. The van der Waals surface area contributed by atoms with Crippen LogP contribution in [-0.2, 0) is 4.79 Å². The number of aliphatic hydroxyl groups is 1. The number of carboxylic acids is 1. The molecule has 6 heteroatoms. The van der Waals surface area contributed by atoms with E-state index >= 15 is 0 Å². The van der Waals surface area contributed by atoms with Crippen LogP contribution in [0.25, 0.3) is 0 Å². The van der Waals surface area contributed by atoms with Gasteiger partial charge in [-0.3, -0.25) is 0 Å². The Bertz CT molecular complexity index is 309. The predicted molar refractivity (Wildman–Crippen MR) is 70.9 cm³/mol. The highest BCUT2D eigenvalue weighted by Crippen LogP contribution is 2.19. The summed E-state index contributed by atoms with van der Waals surface area (Å²) in [6.45, 7) is 2.46. The van der Waals surface area contributed by atoms with Gasteiger partial charge in [-0.2, -0.15) is 0 Å². The van der Waals surface area contributed by atoms with Gasteiger partial charge in [-0.1, -0.05) is 19.8 Å². The van der Waals surface area contributed by atoms with Gasteiger partial charge in [0, 0.05) is 25.6 Å². The van der Waals surface area contributed by atoms with Gasteiger partial charge in [0.1, 0.15) is 6.04 Å². The number of rotatable bonds is 5. The number of aliphatic hydroxyl groups excluding tert-OH is 1. The molecule has 1 heterocycles. The Kier molecular flexibility index (Phi) is 6.62. The minimum absolute atomic E-state index is 0.0334. The zero-order valence-corrected chi connectivity index (χ0v) is 11.5. The average Bonchev–Trinajstić information content (AvgIpc) is 2.62. The monoisotopic (exact) mass is 272 g/mol. The summed E-state index contributed by atoms with van der Waals surface area (Å²) in [4.78, 5) is 24.9. The first-order valence-corrected chi connectivity index (χ1v) is 7.01. The van der Waals surface area contributed by atoms with Gasteiger partial charge in [-0.05, 0) is 19.3 Å². The number of nitrogens with one attached hydrogen (secondary N) is 1. The van der Waals surface area contributed by atoms with Gasteiger partial charge in [-0.15, -0.1) is 0 Å². The van der Waals surface area contributed by atoms with Crippen molar-refractivity contribution < 1.29 is 19.8 Å². The third kappa shape index (κ3) is 4.70. The third-order valence-electron chi connectivity index (χ3n) is 3.62. The van der Waals surface area contributed by atoms with Crippen molar-refractivity contribution in [1.29, 1.82) is 0 Å². The third-order valence-corrected chi connectivity index (χ3v) is 3.62. The van der Waals surface area contributed by atoms with Crippen LogP contribution < -0.4 is 5.32 Å². The van der Waals surface area contributed by atoms with Crippen LogP contribution in [0.15, 0.2) is 0 Å². The molecule has 1 saturated heterocycles. The van der Waals surface area contributed by atoms with Crippen LogP contribution in [-0.4, -0.2) is 52.3 Å². The predicted octanol–water partition coefficient (Wildman–Crippen LogP) is 1.19. The summed E-state index contributed by atoms with van der Waals surface area (Å²) in [6, 6.07) is -1.15. The van der Waals surface area contributed by atoms with Crippen LogP contribution in [0, 0.1) is 0 Å². The molecule has 1 aliphatic heterocycles. The van der Waals surface area contributed by atoms with Gasteiger partial charge in [0.15, 0.2) is 0 Å². The fraction of sp³-hybridized carbons (Fsp3) is 0.846. The largest absolute Gasteiger partial charge is 0.480 e. The highest BCUT2D eigenvalue weighted by atomic mass is 16.4. The first-order valence-electron chi connectivity index (χ1n) is 7.01. The molecule has 3 N–H and O–H groups in total. The SMILES string of the molecule is CCC1CCCCCN1C(=O)N[C@@H](CCO)C(=O)O. The van der Waals surface area contributed by atoms with Crippen molar-refractivity contribution in [2.45, 2.75) is 57.5 Å². The molecular weight excluding hydrogens is 248 g/mol. The zero-order valence-electron chi connectivity index (χ0n) is 11.5. The Labute approximate surface area is 113 Å². The fourth-order valence-corrected chi connectivity index (χ4v) is 2.49. The van der Waals surface area contributed by atoms with Crippen LogP contribution >= 0.6 is 0 Å². The molecule has 1 unspecified atom stereocenters. The Balaban J connectivity index is 2.64. The van der Waals surface area contributed by atoms with E-state index in [-0.39, 0.29) is 25.1 Å². The van der Waals surface area contributed by atoms with Crippen molar-refractivity contribution in [3.63, 3.8) is 0 Å². The van der Waals surface area contributed by atoms with E-state index in [0.717, 1.165) is 32.1 Å². The number of aliphatic carboxylic acids is 1. The summed E-state index contributed by atoms with van der Waals surface area (Å²) >= 11 is 0. The second-order valence-electron chi connectivity index (χ2n) is 4.96. The molecule has 2 atom stereocenters. The number of hydrogen-bond acceptors (Lipinski definition) is 3. The molecule has 6 nitrogen and oxygen atoms in total. The van der Waals surface area contributed by atoms with E-state index in [0.29, 0.717) is 6.54 Å². The molecule has 0 aromatic carbocycles. The Morgan fingerprint density at radius 3 is 2.68 bits per heavy atom. The number of carbonyl (C=O) groups is 2. The molecule has 0 bridgehead atoms. The minimum Gasteiger partial charge on any atom is -0.480 e. The van der Waals surface area contributed by atoms with Gasteiger partial charge < -0.3 is 20.4 Å². The van der Waals surface area contributed by atoms with Crippen LogP contribution in [0.3, 0.4) is 0 Å². The molecule has 110 valence electrons. The second kappa shape index (κ2) is 7.99. The van der Waals surface area contributed by atoms with E-state index in [1.54, 1.807) is 4.90 Å². The summed E-state index contributed by atoms with van der Waals surface area (Å²) in [7, 11) is 0. The maximum absolute atomic E-state index is 12.2. The van der Waals surface area contributed by atoms with Crippen molar-refractivity contribution in [2.75, 3.05) is 13.2 Å². The molecule has 0 spiro atoms. The van der Waals surface area contributed by atoms with Crippen LogP contribution in [0.1, 0.15) is 45.4 Å². The first-order chi connectivity index (χ1) is 9.10. The fourth-order valence-electron chi connectivity index (χ4n) is 2.49. The lowest BCUT2D eigenvalue weighted by molar-refractivity contribution is -0.139. The molecule has 0 aliphatic carbocycles. The summed E-state index contributed by atoms with van der Waals surface area (Å²) < 4.78 is 0. The summed E-state index contributed by atoms with van der Waals surface area (Å²) in [5.41, 5.74) is 0. The summed E-state index contributed by atoms with van der Waals surface area (Å²) in [5, 5.41) is 20.3. The topological polar surface area (TPSA) is 89.9 Å². The molecule has 1 aliphatic rings. The van der Waals surface area contributed by atoms with Crippen molar-refractivity contribution in [2.24, 2.45) is 0 Å². The number of nitrogens with zero attached hydrogens (tertiary/aromatic N) is 1. The van der Waals surface area contributed by atoms with Crippen molar-refractivity contribution in [3.8, 4) is 0 Å². The Morgan fingerprint density at radius 1 is 1.37 bits per heavy atom. The van der Waals surface area contributed by atoms with Gasteiger partial charge in [0.25, 0.3) is 0 Å². The lowest BCUT2D eigenvalue weighted by atomic mass is 10.1. The molecule has 0 aromatic rings. The molecule has 0 aromatic heterocycles. The molecule has 19 heavy (non-hydrogen) atoms. The number of hydrogen-bond donors (Lipinski definition) is 3. The quantitative estimate of drug-likeness (QED) is 0.701. The summed E-state index contributed by atoms with van der Waals surface area (Å²) in [6.07, 6.45) is 5.07. The van der Waals surface area contributed by atoms with E-state index in [4.69, 9.17) is 10.2 Å². The van der Waals surface area contributed by atoms with Crippen LogP contribution in [0.4, 0.5) is 4.79 Å². The molecule has 0 saturated carbocycles. The molecular formula is C13H24N2O4. The van der Waals surface area contributed by atoms with Gasteiger partial charge >= 0.3 is 12.0 Å². The molecule has 1 fully saturated rings. The molecule has 0 radical (unpaired) electrons. The lowest BCUT2D eigenvalue weighted by Crippen LogP contribution is -2.51. The maximum atomic E-state index is 12.2. The number of carboxylic acid groups (broad SMARTS) is 1. The normalized spacial score (nSPS) is 21.6. The van der Waals surface area contributed by atoms with Crippen molar-refractivity contribution in [1.82, 2.24) is 10.2 Å². The van der Waals surface area contributed by atoms with Gasteiger partial charge in [-0.25, -0.2) is 9.59 Å². The highest BCUT2D eigenvalue weighted by Gasteiger charge is 2.27. The Morgan fingerprint density at radius 2 is 2.11 bits per heavy atom. The smallest absolute Gasteiger partial charge is 0.326 e. The number of carbonyl (C=O) groups excluding carboxylic acids is 1. The number of urea groups is 1. The van der Waals surface area contributed by atoms with E-state index < -0.39 is 12.0 Å². The van der Waals surface area contributed by atoms with Crippen LogP contribution in [0.2, 0.25) is 0 Å². The highest BCUT2D eigenvalue weighted by molar-refractivity contribution is 5.82. The van der Waals surface area contributed by atoms with E-state index in [1.165, 1.54) is 0 Å². The maximum Gasteiger partial charge on any atom is 0.326 e. The van der Waals surface area contributed by atoms with E-state index in [9.17, 15) is 9.59 Å². The van der Waals surface area contributed by atoms with Gasteiger partial charge in [0.05, 0.1) is 0 Å². The number of amides is 2. The van der Waals surface area contributed by atoms with Gasteiger partial charge in [0.2, 0.25) is 0 Å². The second-order valence-corrected chi connectivity index (χ2v) is 4.96. The zero-order chi connectivity index (χ0) is 14.3. The van der Waals surface area contributed by atoms with E-state index in [2.05, 4.69) is 5.32 Å². The first kappa shape index (κ1) is 15.8. The lowest BCUT2D eigenvalue weighted by Gasteiger charge is -2.30. The standard InChI is InChI=1S/C13H24N2O4/c1-2-10-6-4-3-5-8-15(10)13(19)14-11(7-9-16)12(17)18/h10-11,16H,2-9H2,1H3,(H,14,19)(H,17,18)/t10?,11-/m0/s1. The van der Waals surface area contributed by atoms with Crippen LogP contribution in [0.5, 0.6) is 0 Å². The average molecular weight is 272 g/mol. The Hall–Kier alpha value is -1.30.